The van der Waals surface area contributed by atoms with E-state index in [0.29, 0.717) is 5.82 Å². The summed E-state index contributed by atoms with van der Waals surface area (Å²) in [6.45, 7) is 8.40. The lowest BCUT2D eigenvalue weighted by Gasteiger charge is -2.45. The van der Waals surface area contributed by atoms with E-state index in [1.54, 1.807) is 0 Å². The third kappa shape index (κ3) is 10.7. The van der Waals surface area contributed by atoms with Gasteiger partial charge in [-0.05, 0) is 140 Å². The number of halogens is 1. The Morgan fingerprint density at radius 3 is 1.09 bits per heavy atom. The van der Waals surface area contributed by atoms with Crippen molar-refractivity contribution in [3.8, 4) is 90.8 Å². The fourth-order valence-electron chi connectivity index (χ4n) is 18.0. The Morgan fingerprint density at radius 2 is 0.637 bits per heavy atom. The maximum atomic E-state index is 6.79. The molecule has 18 aromatic rings. The zero-order valence-corrected chi connectivity index (χ0v) is 63.5. The number of fused-ring (bicyclic) bond motifs is 22. The van der Waals surface area contributed by atoms with Gasteiger partial charge in [0.15, 0.2) is 5.82 Å². The first-order valence-electron chi connectivity index (χ1n) is 38.0. The zero-order valence-electron chi connectivity index (χ0n) is 62.8. The third-order valence-corrected chi connectivity index (χ3v) is 23.8. The quantitative estimate of drug-likeness (QED) is 0.0922. The van der Waals surface area contributed by atoms with E-state index in [4.69, 9.17) is 40.4 Å². The molecule has 2 unspecified atom stereocenters. The first kappa shape index (κ1) is 68.9. The molecule has 2 spiro atoms. The van der Waals surface area contributed by atoms with Gasteiger partial charge in [0, 0.05) is 71.6 Å². The number of hydrogen-bond donors (Lipinski definition) is 0. The standard InChI is InChI=1S/C47H29N3O.C37H30BNO3.C16H11ClN2.CH3/c1-3-14-30(15-4-1)39-29-40(31-16-5-2-6-17-31)49-46(48-39)32-26-27-44-38(28-32)47(36-21-9-12-25-43(36)51-44)35-20-8-11-24-42(35)50-41-23-10-7-18-33(41)34-19-13-22-37(47)45(34)50;1-35(2)36(3,4)42-38(41-35)23-20-21-33-29(22-23)37(27-15-7-10-19-32(27)40-33)26-14-6-9-18-31(26)39-30-17-8-5-12-24(30)25-13-11-16-28(37)34(25)39;17-16-18-14(12-7-3-1-4-8-12)11-15(19-16)13-9-5-2-6-10-13;/h1-29H;5-22H,1-4H3;1-11H;1H3/q;;;-1. The summed E-state index contributed by atoms with van der Waals surface area (Å²) in [4.78, 5) is 19.0. The molecular formula is C101H73BClN6O4-. The van der Waals surface area contributed by atoms with Gasteiger partial charge < -0.3 is 35.3 Å². The molecule has 0 N–H and O–H groups in total. The summed E-state index contributed by atoms with van der Waals surface area (Å²) < 4.78 is 31.5. The van der Waals surface area contributed by atoms with Gasteiger partial charge in [0.1, 0.15) is 23.0 Å². The molecule has 9 heterocycles. The Bertz CT molecular complexity index is 6700. The molecular weight excluding hydrogens is 1410 g/mol. The molecule has 12 heteroatoms. The van der Waals surface area contributed by atoms with Crippen molar-refractivity contribution in [2.24, 2.45) is 0 Å². The van der Waals surface area contributed by atoms with Crippen LogP contribution >= 0.6 is 11.6 Å². The summed E-state index contributed by atoms with van der Waals surface area (Å²) in [5, 5.41) is 5.26. The number of aromatic nitrogens is 6. The Morgan fingerprint density at radius 1 is 0.292 bits per heavy atom. The maximum absolute atomic E-state index is 6.79. The average molecular weight is 1480 g/mol. The molecule has 5 aliphatic rings. The van der Waals surface area contributed by atoms with Crippen LogP contribution in [0.25, 0.3) is 111 Å². The summed E-state index contributed by atoms with van der Waals surface area (Å²) in [5.41, 5.74) is 24.0. The second-order valence-electron chi connectivity index (χ2n) is 30.2. The van der Waals surface area contributed by atoms with Crippen molar-refractivity contribution >= 4 is 67.8 Å². The van der Waals surface area contributed by atoms with E-state index in [0.717, 1.165) is 101 Å². The number of rotatable bonds is 6. The highest BCUT2D eigenvalue weighted by Gasteiger charge is 2.55. The largest absolute Gasteiger partial charge is 0.494 e. The van der Waals surface area contributed by atoms with Crippen molar-refractivity contribution in [3.05, 3.63) is 409 Å². The van der Waals surface area contributed by atoms with Crippen molar-refractivity contribution in [2.75, 3.05) is 0 Å². The Kier molecular flexibility index (Phi) is 16.3. The molecule has 4 aromatic heterocycles. The molecule has 5 aliphatic heterocycles. The zero-order chi connectivity index (χ0) is 75.0. The van der Waals surface area contributed by atoms with Crippen molar-refractivity contribution in [3.63, 3.8) is 0 Å². The van der Waals surface area contributed by atoms with Crippen LogP contribution in [0.15, 0.2) is 352 Å². The monoisotopic (exact) mass is 1480 g/mol. The minimum Gasteiger partial charge on any atom is -0.457 e. The molecule has 1 saturated heterocycles. The fourth-order valence-corrected chi connectivity index (χ4v) is 18.1. The molecule has 0 aliphatic carbocycles. The van der Waals surface area contributed by atoms with Crippen molar-refractivity contribution < 1.29 is 18.8 Å². The van der Waals surface area contributed by atoms with Crippen LogP contribution in [0.5, 0.6) is 23.0 Å². The van der Waals surface area contributed by atoms with Crippen molar-refractivity contribution in [1.29, 1.82) is 0 Å². The summed E-state index contributed by atoms with van der Waals surface area (Å²) in [6, 6.07) is 123. The van der Waals surface area contributed by atoms with Gasteiger partial charge >= 0.3 is 7.12 Å². The first-order chi connectivity index (χ1) is 54.9. The number of ether oxygens (including phenoxy) is 2. The minimum absolute atomic E-state index is 0. The normalized spacial score (nSPS) is 16.4. The van der Waals surface area contributed by atoms with E-state index in [-0.39, 0.29) is 12.7 Å². The van der Waals surface area contributed by atoms with Gasteiger partial charge in [-0.25, -0.2) is 19.9 Å². The lowest BCUT2D eigenvalue weighted by Crippen LogP contribution is -2.41. The van der Waals surface area contributed by atoms with Crippen LogP contribution < -0.4 is 14.9 Å². The van der Waals surface area contributed by atoms with Crippen LogP contribution in [-0.2, 0) is 20.1 Å². The fraction of sp³-hybridized carbons (Fsp3) is 0.0792. The van der Waals surface area contributed by atoms with Gasteiger partial charge in [-0.1, -0.05) is 279 Å². The van der Waals surface area contributed by atoms with Gasteiger partial charge in [0.2, 0.25) is 5.28 Å². The summed E-state index contributed by atoms with van der Waals surface area (Å²) in [5.74, 6) is 4.10. The molecule has 2 atom stereocenters. The SMILES string of the molecule is CC1(C)OB(c2ccc3c(c2)C2(c4ccccc4O3)c3ccccc3-n3c4ccccc4c4cccc2c43)OC1(C)C.Clc1nc(-c2ccccc2)cc(-c2ccccc2)n1.[CH3-].c1ccc(-c2cc(-c3ccccc3)nc(-c3ccc4c(c3)C3(c5ccccc5O4)c4ccccc4-n4c5ccccc5c5cccc3c54)n2)cc1. The van der Waals surface area contributed by atoms with E-state index in [1.165, 1.54) is 77.2 Å². The molecule has 0 saturated carbocycles. The number of para-hydroxylation sites is 8. The molecule has 0 bridgehead atoms. The van der Waals surface area contributed by atoms with E-state index < -0.39 is 29.2 Å². The van der Waals surface area contributed by atoms with E-state index in [1.807, 2.05) is 78.9 Å². The second kappa shape index (κ2) is 26.7. The third-order valence-electron chi connectivity index (χ3n) is 23.6. The smallest absolute Gasteiger partial charge is 0.457 e. The van der Waals surface area contributed by atoms with Crippen molar-refractivity contribution in [1.82, 2.24) is 29.1 Å². The highest BCUT2D eigenvalue weighted by atomic mass is 35.5. The molecule has 23 rings (SSSR count). The molecule has 542 valence electrons. The lowest BCUT2D eigenvalue weighted by molar-refractivity contribution is 0.00578. The number of benzene rings is 14. The number of nitrogens with zero attached hydrogens (tertiary/aromatic N) is 6. The highest BCUT2D eigenvalue weighted by Crippen LogP contribution is 2.63. The predicted octanol–water partition coefficient (Wildman–Crippen LogP) is 24.2. The van der Waals surface area contributed by atoms with Crippen LogP contribution in [0.3, 0.4) is 0 Å². The summed E-state index contributed by atoms with van der Waals surface area (Å²) >= 11 is 6.03. The van der Waals surface area contributed by atoms with E-state index >= 15 is 0 Å². The van der Waals surface area contributed by atoms with Gasteiger partial charge in [-0.15, -0.1) is 0 Å². The lowest BCUT2D eigenvalue weighted by atomic mass is 9.60. The highest BCUT2D eigenvalue weighted by molar-refractivity contribution is 6.62. The summed E-state index contributed by atoms with van der Waals surface area (Å²) in [7, 11) is -0.476. The molecule has 0 radical (unpaired) electrons. The van der Waals surface area contributed by atoms with E-state index in [2.05, 4.69) is 320 Å². The van der Waals surface area contributed by atoms with Gasteiger partial charge in [0.05, 0.1) is 78.2 Å². The summed E-state index contributed by atoms with van der Waals surface area (Å²) in [6.07, 6.45) is 0. The average Bonchev–Trinajstić information content (AvgIpc) is 1.65. The minimum atomic E-state index is -0.667. The Balaban J connectivity index is 0.000000120. The molecule has 113 heavy (non-hydrogen) atoms. The van der Waals surface area contributed by atoms with Crippen LogP contribution in [0.4, 0.5) is 0 Å². The molecule has 14 aromatic carbocycles. The van der Waals surface area contributed by atoms with Gasteiger partial charge in [-0.2, -0.15) is 0 Å². The van der Waals surface area contributed by atoms with Crippen LogP contribution in [-0.4, -0.2) is 47.4 Å². The van der Waals surface area contributed by atoms with Crippen molar-refractivity contribution in [2.45, 2.75) is 49.7 Å². The molecule has 1 fully saturated rings. The maximum Gasteiger partial charge on any atom is 0.494 e. The topological polar surface area (TPSA) is 98.3 Å². The van der Waals surface area contributed by atoms with Gasteiger partial charge in [-0.3, -0.25) is 0 Å². The second-order valence-corrected chi connectivity index (χ2v) is 30.6. The molecule has 0 amide bonds. The molecule has 10 nitrogen and oxygen atoms in total. The number of hydrogen-bond acceptors (Lipinski definition) is 8. The van der Waals surface area contributed by atoms with Gasteiger partial charge in [0.25, 0.3) is 0 Å². The Hall–Kier alpha value is -13.3. The first-order valence-corrected chi connectivity index (χ1v) is 38.4. The van der Waals surface area contributed by atoms with E-state index in [9.17, 15) is 0 Å². The van der Waals surface area contributed by atoms with Crippen LogP contribution in [0, 0.1) is 7.43 Å². The van der Waals surface area contributed by atoms with Crippen LogP contribution in [0.1, 0.15) is 72.2 Å². The Labute approximate surface area is 661 Å². The predicted molar refractivity (Wildman–Crippen MR) is 457 cm³/mol. The van der Waals surface area contributed by atoms with Crippen LogP contribution in [0.2, 0.25) is 5.28 Å².